The Balaban J connectivity index is 1.48. The van der Waals surface area contributed by atoms with E-state index in [1.54, 1.807) is 30.3 Å². The van der Waals surface area contributed by atoms with Crippen molar-refractivity contribution in [1.29, 1.82) is 5.26 Å². The van der Waals surface area contributed by atoms with Gasteiger partial charge in [-0.15, -0.1) is 0 Å². The first-order chi connectivity index (χ1) is 15.4. The molecule has 0 radical (unpaired) electrons. The largest absolute Gasteiger partial charge is 0.486 e. The van der Waals surface area contributed by atoms with E-state index in [9.17, 15) is 23.6 Å². The van der Waals surface area contributed by atoms with Gasteiger partial charge in [-0.05, 0) is 41.8 Å². The van der Waals surface area contributed by atoms with Crippen LogP contribution in [0.25, 0.3) is 11.1 Å². The van der Waals surface area contributed by atoms with Crippen molar-refractivity contribution in [3.63, 3.8) is 0 Å². The number of aromatic nitrogens is 1. The lowest BCUT2D eigenvalue weighted by Crippen LogP contribution is -2.48. The molecule has 10 heteroatoms. The molecule has 1 aromatic heterocycles. The van der Waals surface area contributed by atoms with Crippen LogP contribution in [0.4, 0.5) is 19.4 Å². The van der Waals surface area contributed by atoms with Crippen molar-refractivity contribution in [3.05, 3.63) is 42.1 Å². The van der Waals surface area contributed by atoms with Gasteiger partial charge in [0.2, 0.25) is 5.91 Å². The summed E-state index contributed by atoms with van der Waals surface area (Å²) in [5.41, 5.74) is 1.51. The number of hydrogen-bond acceptors (Lipinski definition) is 5. The molecule has 2 N–H and O–H groups in total. The Morgan fingerprint density at radius 1 is 1.22 bits per heavy atom. The van der Waals surface area contributed by atoms with E-state index in [1.807, 2.05) is 6.07 Å². The van der Waals surface area contributed by atoms with Crippen molar-refractivity contribution >= 4 is 17.8 Å². The Bertz CT molecular complexity index is 1090. The van der Waals surface area contributed by atoms with E-state index < -0.39 is 36.4 Å². The number of carbonyl (C=O) groups excluding carboxylic acids is 1. The molecule has 8 nitrogen and oxygen atoms in total. The molecule has 32 heavy (non-hydrogen) atoms. The molecular formula is C22H20F2N4O4. The number of halogens is 2. The number of anilines is 1. The lowest BCUT2D eigenvalue weighted by atomic mass is 10.0. The van der Waals surface area contributed by atoms with Gasteiger partial charge in [-0.25, -0.2) is 18.6 Å². The monoisotopic (exact) mass is 442 g/mol. The highest BCUT2D eigenvalue weighted by molar-refractivity contribution is 5.94. The molecule has 2 fully saturated rings. The van der Waals surface area contributed by atoms with E-state index in [2.05, 4.69) is 10.3 Å². The third-order valence-electron chi connectivity index (χ3n) is 5.52. The number of piperidine rings is 1. The number of pyridine rings is 1. The highest BCUT2D eigenvalue weighted by Gasteiger charge is 2.43. The maximum atomic E-state index is 14.4. The fraction of sp³-hybridized carbons (Fsp3) is 0.364. The van der Waals surface area contributed by atoms with Crippen LogP contribution >= 0.6 is 0 Å². The first-order valence-electron chi connectivity index (χ1n) is 10.1. The van der Waals surface area contributed by atoms with Crippen LogP contribution in [0.5, 0.6) is 5.75 Å². The Morgan fingerprint density at radius 2 is 1.97 bits per heavy atom. The number of nitrogens with zero attached hydrogens (tertiary/aromatic N) is 3. The van der Waals surface area contributed by atoms with Crippen LogP contribution in [-0.4, -0.2) is 58.5 Å². The molecule has 2 heterocycles. The van der Waals surface area contributed by atoms with Crippen molar-refractivity contribution in [2.75, 3.05) is 18.4 Å². The second-order valence-electron chi connectivity index (χ2n) is 7.79. The smallest absolute Gasteiger partial charge is 0.407 e. The number of nitriles is 1. The van der Waals surface area contributed by atoms with Gasteiger partial charge in [0.05, 0.1) is 18.0 Å². The van der Waals surface area contributed by atoms with Crippen LogP contribution in [0.1, 0.15) is 18.4 Å². The van der Waals surface area contributed by atoms with Gasteiger partial charge < -0.3 is 20.1 Å². The van der Waals surface area contributed by atoms with Crippen LogP contribution in [0.3, 0.4) is 0 Å². The fourth-order valence-electron chi connectivity index (χ4n) is 3.59. The number of nitrogens with one attached hydrogen (secondary N) is 1. The minimum Gasteiger partial charge on any atom is -0.486 e. The quantitative estimate of drug-likeness (QED) is 0.734. The molecule has 0 spiro atoms. The first-order valence-corrected chi connectivity index (χ1v) is 10.1. The predicted octanol–water partition coefficient (Wildman–Crippen LogP) is 3.39. The molecular weight excluding hydrogens is 422 g/mol. The van der Waals surface area contributed by atoms with E-state index in [-0.39, 0.29) is 43.1 Å². The highest BCUT2D eigenvalue weighted by Crippen LogP contribution is 2.35. The fourth-order valence-corrected chi connectivity index (χ4v) is 3.59. The molecule has 4 rings (SSSR count). The molecule has 2 unspecified atom stereocenters. The Hall–Kier alpha value is -3.74. The zero-order chi connectivity index (χ0) is 22.8. The summed E-state index contributed by atoms with van der Waals surface area (Å²) in [6.45, 7) is -0.134. The van der Waals surface area contributed by atoms with Crippen molar-refractivity contribution in [2.24, 2.45) is 5.92 Å². The molecule has 166 valence electrons. The van der Waals surface area contributed by atoms with Crippen LogP contribution < -0.4 is 10.1 Å². The molecule has 1 aromatic carbocycles. The molecule has 2 aliphatic rings. The zero-order valence-corrected chi connectivity index (χ0v) is 16.9. The molecule has 1 saturated heterocycles. The van der Waals surface area contributed by atoms with Gasteiger partial charge in [-0.1, -0.05) is 6.07 Å². The standard InChI is InChI=1S/C22H20F2N4O4/c23-16-9-15(16)21(29)27-20-8-13(3-5-26-20)12-1-2-18(14(7-12)10-25)32-19-4-6-28(22(30)31)11-17(19)24/h1-3,5,7-8,15-17,19H,4,6,9,11H2,(H,30,31)(H,26,27,29)/t15-,16+,17?,19?/m0/s1. The van der Waals surface area contributed by atoms with Gasteiger partial charge in [0, 0.05) is 19.2 Å². The molecule has 2 aromatic rings. The maximum absolute atomic E-state index is 14.4. The SMILES string of the molecule is N#Cc1cc(-c2ccnc(NC(=O)[C@H]3C[C@H]3F)c2)ccc1OC1CCN(C(=O)O)CC1F. The minimum absolute atomic E-state index is 0.149. The van der Waals surface area contributed by atoms with Gasteiger partial charge >= 0.3 is 6.09 Å². The lowest BCUT2D eigenvalue weighted by molar-refractivity contribution is -0.117. The number of ether oxygens (including phenoxy) is 1. The van der Waals surface area contributed by atoms with Crippen LogP contribution in [0.15, 0.2) is 36.5 Å². The summed E-state index contributed by atoms with van der Waals surface area (Å²) in [7, 11) is 0. The summed E-state index contributed by atoms with van der Waals surface area (Å²) in [4.78, 5) is 28.0. The number of carbonyl (C=O) groups is 2. The Labute approximate surface area is 182 Å². The maximum Gasteiger partial charge on any atom is 0.407 e. The Morgan fingerprint density at radius 3 is 2.62 bits per heavy atom. The van der Waals surface area contributed by atoms with E-state index in [0.717, 1.165) is 4.90 Å². The third kappa shape index (κ3) is 4.61. The summed E-state index contributed by atoms with van der Waals surface area (Å²) in [5.74, 6) is -0.573. The first kappa shape index (κ1) is 21.5. The van der Waals surface area contributed by atoms with E-state index in [0.29, 0.717) is 11.1 Å². The Kier molecular flexibility index (Phi) is 5.90. The van der Waals surface area contributed by atoms with Gasteiger partial charge in [-0.2, -0.15) is 5.26 Å². The molecule has 4 atom stereocenters. The zero-order valence-electron chi connectivity index (χ0n) is 16.9. The summed E-state index contributed by atoms with van der Waals surface area (Å²) in [5, 5.41) is 21.1. The lowest BCUT2D eigenvalue weighted by Gasteiger charge is -2.33. The van der Waals surface area contributed by atoms with Gasteiger partial charge in [0.25, 0.3) is 0 Å². The summed E-state index contributed by atoms with van der Waals surface area (Å²) < 4.78 is 33.2. The van der Waals surface area contributed by atoms with Crippen molar-refractivity contribution in [2.45, 2.75) is 31.3 Å². The average molecular weight is 442 g/mol. The van der Waals surface area contributed by atoms with Gasteiger partial charge in [0.15, 0.2) is 6.17 Å². The van der Waals surface area contributed by atoms with Gasteiger partial charge in [0.1, 0.15) is 29.9 Å². The second-order valence-corrected chi connectivity index (χ2v) is 7.79. The van der Waals surface area contributed by atoms with Gasteiger partial charge in [-0.3, -0.25) is 4.79 Å². The number of benzene rings is 1. The number of carboxylic acid groups (broad SMARTS) is 1. The molecule has 2 amide bonds. The highest BCUT2D eigenvalue weighted by atomic mass is 19.1. The molecule has 0 bridgehead atoms. The molecule has 1 aliphatic carbocycles. The molecule has 1 aliphatic heterocycles. The van der Waals surface area contributed by atoms with Crippen LogP contribution in [0, 0.1) is 17.2 Å². The topological polar surface area (TPSA) is 116 Å². The van der Waals surface area contributed by atoms with Crippen LogP contribution in [0.2, 0.25) is 0 Å². The van der Waals surface area contributed by atoms with E-state index in [1.165, 1.54) is 6.20 Å². The average Bonchev–Trinajstić information content (AvgIpc) is 3.52. The number of hydrogen-bond donors (Lipinski definition) is 2. The summed E-state index contributed by atoms with van der Waals surface area (Å²) >= 11 is 0. The number of rotatable bonds is 5. The number of likely N-dealkylation sites (tertiary alicyclic amines) is 1. The second kappa shape index (κ2) is 8.78. The van der Waals surface area contributed by atoms with E-state index >= 15 is 0 Å². The number of amides is 2. The van der Waals surface area contributed by atoms with Crippen molar-refractivity contribution < 1.29 is 28.2 Å². The predicted molar refractivity (Wildman–Crippen MR) is 110 cm³/mol. The normalized spacial score (nSPS) is 24.3. The van der Waals surface area contributed by atoms with E-state index in [4.69, 9.17) is 9.84 Å². The van der Waals surface area contributed by atoms with Crippen molar-refractivity contribution in [3.8, 4) is 22.9 Å². The summed E-state index contributed by atoms with van der Waals surface area (Å²) in [6, 6.07) is 10.2. The number of alkyl halides is 2. The minimum atomic E-state index is -1.51. The molecule has 1 saturated carbocycles. The van der Waals surface area contributed by atoms with Crippen molar-refractivity contribution in [1.82, 2.24) is 9.88 Å². The third-order valence-corrected chi connectivity index (χ3v) is 5.52. The summed E-state index contributed by atoms with van der Waals surface area (Å²) in [6.07, 6.45) is -2.76. The van der Waals surface area contributed by atoms with Crippen LogP contribution in [-0.2, 0) is 4.79 Å².